The van der Waals surface area contributed by atoms with Crippen molar-refractivity contribution in [1.29, 1.82) is 0 Å². The van der Waals surface area contributed by atoms with Crippen LogP contribution in [0.1, 0.15) is 22.2 Å². The smallest absolute Gasteiger partial charge is 0 e. The molecule has 0 aromatic rings. The van der Waals surface area contributed by atoms with Crippen LogP contribution >= 0.6 is 0 Å². The van der Waals surface area contributed by atoms with Crippen LogP contribution in [-0.2, 0) is 0 Å². The summed E-state index contributed by atoms with van der Waals surface area (Å²) in [4.78, 5) is 0. The van der Waals surface area contributed by atoms with Gasteiger partial charge in [0.05, 0.1) is 0 Å². The molecule has 0 heterocycles. The first-order valence-electron chi connectivity index (χ1n) is 3.13. The lowest BCUT2D eigenvalue weighted by atomic mass is 10.2. The Bertz CT molecular complexity index is 152. The molecule has 0 rings (SSSR count). The zero-order chi connectivity index (χ0) is 7.28. The number of hydrogen-bond donors (Lipinski definition) is 0. The van der Waals surface area contributed by atoms with Crippen molar-refractivity contribution in [2.24, 2.45) is 0 Å². The molecule has 0 fully saturated rings. The van der Waals surface area contributed by atoms with Gasteiger partial charge >= 0.3 is 0 Å². The van der Waals surface area contributed by atoms with Crippen LogP contribution in [0.4, 0.5) is 0 Å². The molecule has 0 aliphatic rings. The van der Waals surface area contributed by atoms with Gasteiger partial charge in [-0.05, 0) is 20.8 Å². The molecule has 0 N–H and O–H groups in total. The molecular weight excluding hydrogens is 108 g/mol. The molecule has 0 aromatic heterocycles. The Balaban J connectivity index is 0. The summed E-state index contributed by atoms with van der Waals surface area (Å²) in [5, 5.41) is 0. The van der Waals surface area contributed by atoms with Gasteiger partial charge in [-0.1, -0.05) is 36.0 Å². The fourth-order valence-corrected chi connectivity index (χ4v) is 0.370. The average Bonchev–Trinajstić information content (AvgIpc) is 1.83. The van der Waals surface area contributed by atoms with E-state index < -0.39 is 0 Å². The summed E-state index contributed by atoms with van der Waals surface area (Å²) in [5.74, 6) is 0. The van der Waals surface area contributed by atoms with Gasteiger partial charge in [-0.3, -0.25) is 0 Å². The molecule has 0 nitrogen and oxygen atoms in total. The van der Waals surface area contributed by atoms with Crippen LogP contribution in [0.5, 0.6) is 0 Å². The summed E-state index contributed by atoms with van der Waals surface area (Å²) >= 11 is 0. The third-order valence-corrected chi connectivity index (χ3v) is 1.09. The monoisotopic (exact) mass is 124 g/mol. The summed E-state index contributed by atoms with van der Waals surface area (Å²) in [6.45, 7) is 9.83. The highest BCUT2D eigenvalue weighted by atomic mass is 13.8. The molecule has 0 radical (unpaired) electrons. The number of hydrogen-bond acceptors (Lipinski definition) is 0. The van der Waals surface area contributed by atoms with Gasteiger partial charge in [0, 0.05) is 1.43 Å². The van der Waals surface area contributed by atoms with E-state index in [2.05, 4.69) is 25.7 Å². The van der Waals surface area contributed by atoms with E-state index >= 15 is 0 Å². The summed E-state index contributed by atoms with van der Waals surface area (Å²) in [7, 11) is 0. The summed E-state index contributed by atoms with van der Waals surface area (Å²) in [5.41, 5.74) is 2.37. The third-order valence-electron chi connectivity index (χ3n) is 1.09. The van der Waals surface area contributed by atoms with Crippen LogP contribution in [0.15, 0.2) is 36.0 Å². The predicted molar refractivity (Wildman–Crippen MR) is 45.5 cm³/mol. The molecule has 0 saturated heterocycles. The number of allylic oxidation sites excluding steroid dienone is 5. The van der Waals surface area contributed by atoms with Crippen molar-refractivity contribution in [3.05, 3.63) is 36.0 Å². The third kappa shape index (κ3) is 5.09. The van der Waals surface area contributed by atoms with Gasteiger partial charge in [-0.15, -0.1) is 0 Å². The first kappa shape index (κ1) is 8.22. The lowest BCUT2D eigenvalue weighted by Crippen LogP contribution is -1.65. The normalized spacial score (nSPS) is 12.6. The van der Waals surface area contributed by atoms with Crippen molar-refractivity contribution in [2.75, 3.05) is 0 Å². The van der Waals surface area contributed by atoms with Crippen molar-refractivity contribution in [3.8, 4) is 0 Å². The Hall–Kier alpha value is -0.780. The molecule has 0 unspecified atom stereocenters. The first-order valence-corrected chi connectivity index (χ1v) is 3.13. The zero-order valence-electron chi connectivity index (χ0n) is 6.44. The minimum absolute atomic E-state index is 0. The Morgan fingerprint density at radius 3 is 2.22 bits per heavy atom. The Morgan fingerprint density at radius 1 is 1.33 bits per heavy atom. The molecule has 0 aliphatic carbocycles. The van der Waals surface area contributed by atoms with Gasteiger partial charge in [0.1, 0.15) is 0 Å². The summed E-state index contributed by atoms with van der Waals surface area (Å²) < 4.78 is 0. The second-order valence-corrected chi connectivity index (χ2v) is 2.21. The van der Waals surface area contributed by atoms with Crippen molar-refractivity contribution < 1.29 is 1.43 Å². The van der Waals surface area contributed by atoms with E-state index in [1.165, 1.54) is 5.57 Å². The van der Waals surface area contributed by atoms with Crippen LogP contribution in [-0.4, -0.2) is 0 Å². The van der Waals surface area contributed by atoms with E-state index in [4.69, 9.17) is 0 Å². The molecule has 0 spiro atoms. The van der Waals surface area contributed by atoms with Gasteiger partial charge in [-0.25, -0.2) is 0 Å². The van der Waals surface area contributed by atoms with Crippen molar-refractivity contribution >= 4 is 0 Å². The van der Waals surface area contributed by atoms with E-state index in [-0.39, 0.29) is 1.43 Å². The topological polar surface area (TPSA) is 0 Å². The van der Waals surface area contributed by atoms with Crippen LogP contribution in [0.25, 0.3) is 0 Å². The molecule has 0 atom stereocenters. The lowest BCUT2D eigenvalue weighted by molar-refractivity contribution is 1.45. The minimum atomic E-state index is 0. The molecule has 0 bridgehead atoms. The van der Waals surface area contributed by atoms with E-state index in [1.807, 2.05) is 19.9 Å². The molecule has 9 heavy (non-hydrogen) atoms. The molecule has 0 saturated carbocycles. The van der Waals surface area contributed by atoms with Gasteiger partial charge in [0.15, 0.2) is 0 Å². The van der Waals surface area contributed by atoms with Gasteiger partial charge < -0.3 is 0 Å². The zero-order valence-corrected chi connectivity index (χ0v) is 6.44. The summed E-state index contributed by atoms with van der Waals surface area (Å²) in [6, 6.07) is 0. The Morgan fingerprint density at radius 2 is 1.89 bits per heavy atom. The lowest BCUT2D eigenvalue weighted by Gasteiger charge is -1.86. The highest BCUT2D eigenvalue weighted by Gasteiger charge is 1.75. The quantitative estimate of drug-likeness (QED) is 0.495. The van der Waals surface area contributed by atoms with Crippen molar-refractivity contribution in [1.82, 2.24) is 0 Å². The average molecular weight is 124 g/mol. The Kier molecular flexibility index (Phi) is 3.78. The molecule has 0 aromatic carbocycles. The molecule has 52 valence electrons. The maximum absolute atomic E-state index is 3.75. The molecular formula is C9H16. The van der Waals surface area contributed by atoms with Crippen molar-refractivity contribution in [3.63, 3.8) is 0 Å². The maximum atomic E-state index is 3.75. The van der Waals surface area contributed by atoms with E-state index in [0.29, 0.717) is 0 Å². The van der Waals surface area contributed by atoms with Gasteiger partial charge in [0.2, 0.25) is 0 Å². The standard InChI is InChI=1S/C9H14.H2/c1-5-9(4)7-6-8(2)3;/h5-7H,2H2,1,3-4H3;1H/b7-6-,9-5-;. The van der Waals surface area contributed by atoms with E-state index in [9.17, 15) is 0 Å². The van der Waals surface area contributed by atoms with Gasteiger partial charge in [-0.2, -0.15) is 0 Å². The number of rotatable bonds is 2. The SMILES string of the molecule is C=C(C)/C=C\C(C)=C/C.[HH]. The van der Waals surface area contributed by atoms with Crippen LogP contribution in [0.2, 0.25) is 0 Å². The fraction of sp³-hybridized carbons (Fsp3) is 0.333. The van der Waals surface area contributed by atoms with E-state index in [0.717, 1.165) is 5.57 Å². The van der Waals surface area contributed by atoms with Crippen LogP contribution in [0.3, 0.4) is 0 Å². The Labute approximate surface area is 59.1 Å². The highest BCUT2D eigenvalue weighted by molar-refractivity contribution is 5.22. The van der Waals surface area contributed by atoms with Crippen LogP contribution in [0, 0.1) is 0 Å². The van der Waals surface area contributed by atoms with E-state index in [1.54, 1.807) is 0 Å². The second-order valence-electron chi connectivity index (χ2n) is 2.21. The maximum Gasteiger partial charge on any atom is 0 e. The largest absolute Gasteiger partial charge is 0.0961 e. The predicted octanol–water partition coefficient (Wildman–Crippen LogP) is 3.33. The summed E-state index contributed by atoms with van der Waals surface area (Å²) in [6.07, 6.45) is 6.14. The molecule has 0 aliphatic heterocycles. The second kappa shape index (κ2) is 4.13. The van der Waals surface area contributed by atoms with Crippen LogP contribution < -0.4 is 0 Å². The molecule has 0 heteroatoms. The fourth-order valence-electron chi connectivity index (χ4n) is 0.370. The van der Waals surface area contributed by atoms with Gasteiger partial charge in [0.25, 0.3) is 0 Å². The first-order chi connectivity index (χ1) is 4.16. The van der Waals surface area contributed by atoms with Crippen molar-refractivity contribution in [2.45, 2.75) is 20.8 Å². The molecule has 0 amide bonds. The highest BCUT2D eigenvalue weighted by Crippen LogP contribution is 1.97. The minimum Gasteiger partial charge on any atom is -0.0961 e.